The standard InChI is InChI=1S/C5H13N2OP/c1-4(8)2-5(3-6)7-9/h5,7H,2-3,6,9H2,1H3/t5-/m0/s1. The third-order valence-corrected chi connectivity index (χ3v) is 1.53. The van der Waals surface area contributed by atoms with Crippen molar-refractivity contribution in [1.82, 2.24) is 5.09 Å². The minimum atomic E-state index is 0.118. The van der Waals surface area contributed by atoms with Crippen molar-refractivity contribution >= 4 is 15.2 Å². The zero-order valence-corrected chi connectivity index (χ0v) is 6.71. The first-order valence-corrected chi connectivity index (χ1v) is 3.44. The van der Waals surface area contributed by atoms with Gasteiger partial charge in [-0.2, -0.15) is 0 Å². The van der Waals surface area contributed by atoms with Gasteiger partial charge in [0.25, 0.3) is 0 Å². The fraction of sp³-hybridized carbons (Fsp3) is 0.800. The van der Waals surface area contributed by atoms with Crippen molar-refractivity contribution in [2.24, 2.45) is 5.73 Å². The average Bonchev–Trinajstić information content (AvgIpc) is 1.82. The molecular weight excluding hydrogens is 135 g/mol. The largest absolute Gasteiger partial charge is 0.329 e. The van der Waals surface area contributed by atoms with Gasteiger partial charge in [-0.05, 0) is 6.92 Å². The monoisotopic (exact) mass is 148 g/mol. The van der Waals surface area contributed by atoms with Crippen LogP contribution in [0.2, 0.25) is 0 Å². The Morgan fingerprint density at radius 1 is 1.89 bits per heavy atom. The number of hydrogen-bond donors (Lipinski definition) is 2. The van der Waals surface area contributed by atoms with E-state index in [0.717, 1.165) is 0 Å². The van der Waals surface area contributed by atoms with Crippen LogP contribution in [0, 0.1) is 0 Å². The van der Waals surface area contributed by atoms with Gasteiger partial charge in [-0.15, -0.1) is 0 Å². The second-order valence-corrected chi connectivity index (χ2v) is 2.34. The zero-order valence-electron chi connectivity index (χ0n) is 5.55. The molecule has 4 heteroatoms. The van der Waals surface area contributed by atoms with E-state index in [1.807, 2.05) is 0 Å². The van der Waals surface area contributed by atoms with Crippen LogP contribution in [-0.4, -0.2) is 18.4 Å². The second-order valence-electron chi connectivity index (χ2n) is 2.01. The van der Waals surface area contributed by atoms with Crippen molar-refractivity contribution < 1.29 is 4.79 Å². The van der Waals surface area contributed by atoms with Crippen molar-refractivity contribution in [3.05, 3.63) is 0 Å². The van der Waals surface area contributed by atoms with Crippen molar-refractivity contribution in [2.45, 2.75) is 19.4 Å². The van der Waals surface area contributed by atoms with Crippen LogP contribution in [0.1, 0.15) is 13.3 Å². The molecule has 0 aromatic rings. The summed E-state index contributed by atoms with van der Waals surface area (Å²) in [5.41, 5.74) is 5.30. The summed E-state index contributed by atoms with van der Waals surface area (Å²) in [5, 5.41) is 2.85. The number of ketones is 1. The Hall–Kier alpha value is 0.0200. The maximum Gasteiger partial charge on any atom is 0.131 e. The van der Waals surface area contributed by atoms with E-state index in [9.17, 15) is 4.79 Å². The lowest BCUT2D eigenvalue weighted by Gasteiger charge is -2.09. The SMILES string of the molecule is CC(=O)C[C@@H](CN)NP. The fourth-order valence-corrected chi connectivity index (χ4v) is 0.811. The highest BCUT2D eigenvalue weighted by molar-refractivity contribution is 7.13. The summed E-state index contributed by atoms with van der Waals surface area (Å²) < 4.78 is 0. The van der Waals surface area contributed by atoms with Gasteiger partial charge < -0.3 is 5.73 Å². The molecule has 2 atom stereocenters. The fourth-order valence-electron chi connectivity index (χ4n) is 0.557. The Balaban J connectivity index is 3.43. The molecule has 0 saturated heterocycles. The maximum atomic E-state index is 10.5. The van der Waals surface area contributed by atoms with Gasteiger partial charge in [0.2, 0.25) is 0 Å². The molecule has 0 amide bonds. The molecule has 0 heterocycles. The molecule has 0 aliphatic rings. The molecule has 54 valence electrons. The Labute approximate surface area is 57.6 Å². The van der Waals surface area contributed by atoms with Crippen molar-refractivity contribution in [2.75, 3.05) is 6.54 Å². The molecular formula is C5H13N2OP. The summed E-state index contributed by atoms with van der Waals surface area (Å²) in [6.07, 6.45) is 0.514. The molecule has 0 bridgehead atoms. The third-order valence-electron chi connectivity index (χ3n) is 1.05. The summed E-state index contributed by atoms with van der Waals surface area (Å²) in [6.45, 7) is 2.06. The van der Waals surface area contributed by atoms with Crippen LogP contribution in [0.5, 0.6) is 0 Å². The van der Waals surface area contributed by atoms with Crippen LogP contribution < -0.4 is 10.8 Å². The summed E-state index contributed by atoms with van der Waals surface area (Å²) in [6, 6.07) is 0.118. The molecule has 0 aliphatic heterocycles. The summed E-state index contributed by atoms with van der Waals surface area (Å²) in [7, 11) is 2.35. The molecule has 1 unspecified atom stereocenters. The predicted molar refractivity (Wildman–Crippen MR) is 41.0 cm³/mol. The van der Waals surface area contributed by atoms with E-state index >= 15 is 0 Å². The van der Waals surface area contributed by atoms with Gasteiger partial charge in [0, 0.05) is 19.0 Å². The van der Waals surface area contributed by atoms with E-state index in [1.165, 1.54) is 0 Å². The second kappa shape index (κ2) is 4.86. The molecule has 0 fully saturated rings. The number of Topliss-reactive ketones (excluding diaryl/α,β-unsaturated/α-hetero) is 1. The van der Waals surface area contributed by atoms with Crippen LogP contribution in [0.25, 0.3) is 0 Å². The normalized spacial score (nSPS) is 13.2. The number of hydrogen-bond acceptors (Lipinski definition) is 3. The number of rotatable bonds is 4. The van der Waals surface area contributed by atoms with Crippen molar-refractivity contribution in [1.29, 1.82) is 0 Å². The minimum Gasteiger partial charge on any atom is -0.329 e. The average molecular weight is 148 g/mol. The predicted octanol–water partition coefficient (Wildman–Crippen LogP) is -0.328. The highest BCUT2D eigenvalue weighted by atomic mass is 31.0. The molecule has 0 aliphatic carbocycles. The molecule has 0 aromatic carbocycles. The van der Waals surface area contributed by atoms with Gasteiger partial charge >= 0.3 is 0 Å². The van der Waals surface area contributed by atoms with Gasteiger partial charge in [-0.3, -0.25) is 9.88 Å². The summed E-state index contributed by atoms with van der Waals surface area (Å²) >= 11 is 0. The van der Waals surface area contributed by atoms with Crippen LogP contribution in [-0.2, 0) is 4.79 Å². The van der Waals surface area contributed by atoms with E-state index in [-0.39, 0.29) is 11.8 Å². The van der Waals surface area contributed by atoms with Crippen LogP contribution in [0.3, 0.4) is 0 Å². The highest BCUT2D eigenvalue weighted by Gasteiger charge is 2.04. The van der Waals surface area contributed by atoms with E-state index < -0.39 is 0 Å². The number of carbonyl (C=O) groups excluding carboxylic acids is 1. The lowest BCUT2D eigenvalue weighted by atomic mass is 10.2. The van der Waals surface area contributed by atoms with Gasteiger partial charge in [0.15, 0.2) is 0 Å². The summed E-state index contributed by atoms with van der Waals surface area (Å²) in [5.74, 6) is 0.167. The molecule has 0 aromatic heterocycles. The molecule has 3 nitrogen and oxygen atoms in total. The Morgan fingerprint density at radius 2 is 2.44 bits per heavy atom. The van der Waals surface area contributed by atoms with Crippen molar-refractivity contribution in [3.63, 3.8) is 0 Å². The summed E-state index contributed by atoms with van der Waals surface area (Å²) in [4.78, 5) is 10.5. The van der Waals surface area contributed by atoms with Crippen LogP contribution in [0.4, 0.5) is 0 Å². The molecule has 0 radical (unpaired) electrons. The quantitative estimate of drug-likeness (QED) is 0.537. The first-order valence-electron chi connectivity index (χ1n) is 2.86. The number of carbonyl (C=O) groups is 1. The maximum absolute atomic E-state index is 10.5. The molecule has 0 saturated carbocycles. The first kappa shape index (κ1) is 9.02. The molecule has 9 heavy (non-hydrogen) atoms. The smallest absolute Gasteiger partial charge is 0.131 e. The Morgan fingerprint density at radius 3 is 2.56 bits per heavy atom. The van der Waals surface area contributed by atoms with Gasteiger partial charge in [0.05, 0.1) is 0 Å². The van der Waals surface area contributed by atoms with E-state index in [0.29, 0.717) is 13.0 Å². The van der Waals surface area contributed by atoms with Gasteiger partial charge in [0.1, 0.15) is 5.78 Å². The van der Waals surface area contributed by atoms with E-state index in [1.54, 1.807) is 6.92 Å². The third kappa shape index (κ3) is 4.52. The Bertz CT molecular complexity index is 93.0. The first-order chi connectivity index (χ1) is 4.20. The van der Waals surface area contributed by atoms with Gasteiger partial charge in [-0.25, -0.2) is 0 Å². The van der Waals surface area contributed by atoms with E-state index in [4.69, 9.17) is 5.73 Å². The Kier molecular flexibility index (Phi) is 4.87. The molecule has 0 rings (SSSR count). The highest BCUT2D eigenvalue weighted by Crippen LogP contribution is 1.92. The zero-order chi connectivity index (χ0) is 7.28. The number of nitrogens with two attached hydrogens (primary N) is 1. The topological polar surface area (TPSA) is 55.1 Å². The molecule has 0 spiro atoms. The minimum absolute atomic E-state index is 0.118. The van der Waals surface area contributed by atoms with Crippen molar-refractivity contribution in [3.8, 4) is 0 Å². The number of nitrogens with one attached hydrogen (secondary N) is 1. The molecule has 3 N–H and O–H groups in total. The van der Waals surface area contributed by atoms with Gasteiger partial charge in [-0.1, -0.05) is 9.39 Å². The lowest BCUT2D eigenvalue weighted by molar-refractivity contribution is -0.117. The van der Waals surface area contributed by atoms with Crippen LogP contribution >= 0.6 is 9.39 Å². The lowest BCUT2D eigenvalue weighted by Crippen LogP contribution is -2.31. The van der Waals surface area contributed by atoms with Crippen LogP contribution in [0.15, 0.2) is 0 Å². The van der Waals surface area contributed by atoms with E-state index in [2.05, 4.69) is 14.5 Å².